The van der Waals surface area contributed by atoms with Gasteiger partial charge >= 0.3 is 0 Å². The number of carboxylic acid groups (broad SMARTS) is 4. The van der Waals surface area contributed by atoms with Crippen molar-refractivity contribution in [2.45, 2.75) is 0 Å². The topological polar surface area (TPSA) is 149 Å². The molecule has 80 valence electrons. The Morgan fingerprint density at radius 2 is 0.538 bits per heavy atom. The minimum atomic E-state index is -0.250. The van der Waals surface area contributed by atoms with Crippen LogP contribution in [0.15, 0.2) is 0 Å². The van der Waals surface area contributed by atoms with Gasteiger partial charge in [0.15, 0.2) is 0 Å². The van der Waals surface area contributed by atoms with Gasteiger partial charge in [0, 0.05) is 19.8 Å². The molecule has 8 nitrogen and oxygen atoms in total. The summed E-state index contributed by atoms with van der Waals surface area (Å²) >= 11 is 0. The molecule has 0 aromatic heterocycles. The second-order valence-electron chi connectivity index (χ2n) is 0.422. The molecule has 0 aliphatic carbocycles. The summed E-state index contributed by atoms with van der Waals surface area (Å²) in [6, 6.07) is 0. The van der Waals surface area contributed by atoms with Crippen LogP contribution in [-0.2, 0) is 39.0 Å². The van der Waals surface area contributed by atoms with Gasteiger partial charge in [0.1, 0.15) is 0 Å². The van der Waals surface area contributed by atoms with Gasteiger partial charge in [-0.1, -0.05) is 0 Å². The predicted molar refractivity (Wildman–Crippen MR) is 34.8 cm³/mol. The summed E-state index contributed by atoms with van der Waals surface area (Å²) in [6.07, 6.45) is 0. The van der Waals surface area contributed by atoms with Crippen molar-refractivity contribution >= 4 is 25.9 Å². The van der Waals surface area contributed by atoms with E-state index in [2.05, 4.69) is 0 Å². The molecule has 9 heteroatoms. The Morgan fingerprint density at radius 1 is 0.538 bits per heavy atom. The third-order valence-corrected chi connectivity index (χ3v) is 0. The van der Waals surface area contributed by atoms with Gasteiger partial charge in [-0.05, 0) is 0 Å². The van der Waals surface area contributed by atoms with Gasteiger partial charge in [0.05, 0.1) is 0 Å². The molecule has 0 radical (unpaired) electrons. The maximum atomic E-state index is 8.36. The molecule has 0 unspecified atom stereocenters. The van der Waals surface area contributed by atoms with Crippen molar-refractivity contribution < 1.29 is 59.4 Å². The Bertz CT molecular complexity index is 70.1. The van der Waals surface area contributed by atoms with E-state index in [1.165, 1.54) is 0 Å². The number of hydrogen-bond donors (Lipinski definition) is 4. The molecule has 0 spiro atoms. The summed E-state index contributed by atoms with van der Waals surface area (Å²) in [7, 11) is 0. The minimum absolute atomic E-state index is 0. The molecule has 4 N–H and O–H groups in total. The molecule has 0 aliphatic heterocycles. The van der Waals surface area contributed by atoms with E-state index in [0.717, 1.165) is 0 Å². The fourth-order valence-electron chi connectivity index (χ4n) is 0. The van der Waals surface area contributed by atoms with E-state index < -0.39 is 0 Å². The molecule has 0 rings (SSSR count). The fraction of sp³-hybridized carbons (Fsp3) is 0. The van der Waals surface area contributed by atoms with Gasteiger partial charge in [0.25, 0.3) is 25.9 Å². The molecule has 0 aliphatic rings. The van der Waals surface area contributed by atoms with Crippen LogP contribution in [0.2, 0.25) is 0 Å². The van der Waals surface area contributed by atoms with Crippen LogP contribution < -0.4 is 0 Å². The Morgan fingerprint density at radius 3 is 0.538 bits per heavy atom. The first-order chi connectivity index (χ1) is 5.66. The molecule has 0 bridgehead atoms. The van der Waals surface area contributed by atoms with Gasteiger partial charge in [-0.15, -0.1) is 0 Å². The van der Waals surface area contributed by atoms with Crippen LogP contribution in [-0.4, -0.2) is 46.3 Å². The Kier molecular flexibility index (Phi) is 347. The van der Waals surface area contributed by atoms with Crippen molar-refractivity contribution in [3.63, 3.8) is 0 Å². The molecule has 0 aromatic carbocycles. The molecular formula is C4H8O8Os. The van der Waals surface area contributed by atoms with Gasteiger partial charge in [0.2, 0.25) is 0 Å². The second-order valence-corrected chi connectivity index (χ2v) is 0.422. The first-order valence-corrected chi connectivity index (χ1v) is 1.98. The predicted octanol–water partition coefficient (Wildman–Crippen LogP) is -1.20. The zero-order chi connectivity index (χ0) is 10.8. The molecule has 13 heavy (non-hydrogen) atoms. The van der Waals surface area contributed by atoms with Crippen LogP contribution in [0.5, 0.6) is 0 Å². The third-order valence-electron chi connectivity index (χ3n) is 0. The van der Waals surface area contributed by atoms with Crippen molar-refractivity contribution in [3.05, 3.63) is 0 Å². The number of rotatable bonds is 0. The van der Waals surface area contributed by atoms with Crippen molar-refractivity contribution in [1.82, 2.24) is 0 Å². The van der Waals surface area contributed by atoms with Crippen LogP contribution in [0.25, 0.3) is 0 Å². The monoisotopic (exact) mass is 376 g/mol. The van der Waals surface area contributed by atoms with E-state index in [1.54, 1.807) is 0 Å². The average molecular weight is 374 g/mol. The largest absolute Gasteiger partial charge is 0.483 e. The second kappa shape index (κ2) is 150. The van der Waals surface area contributed by atoms with Gasteiger partial charge in [-0.25, -0.2) is 0 Å². The smallest absolute Gasteiger partial charge is 0.290 e. The fourth-order valence-corrected chi connectivity index (χ4v) is 0. The average Bonchev–Trinajstić information content (AvgIpc) is 1.92. The van der Waals surface area contributed by atoms with Crippen LogP contribution in [0, 0.1) is 0 Å². The van der Waals surface area contributed by atoms with Gasteiger partial charge < -0.3 is 20.4 Å². The maximum absolute atomic E-state index is 8.36. The molecule has 0 amide bonds. The number of hydrogen-bond acceptors (Lipinski definition) is 4. The zero-order valence-corrected chi connectivity index (χ0v) is 8.63. The van der Waals surface area contributed by atoms with Gasteiger partial charge in [-0.2, -0.15) is 0 Å². The van der Waals surface area contributed by atoms with E-state index in [-0.39, 0.29) is 45.7 Å². The maximum Gasteiger partial charge on any atom is 0.290 e. The first-order valence-electron chi connectivity index (χ1n) is 1.98. The normalized spacial score (nSPS) is 3.69. The Balaban J connectivity index is -0.0000000213. The van der Waals surface area contributed by atoms with Gasteiger partial charge in [-0.3, -0.25) is 19.2 Å². The van der Waals surface area contributed by atoms with Crippen LogP contribution in [0.1, 0.15) is 0 Å². The summed E-state index contributed by atoms with van der Waals surface area (Å²) in [5.41, 5.74) is 0. The van der Waals surface area contributed by atoms with E-state index in [4.69, 9.17) is 39.6 Å². The minimum Gasteiger partial charge on any atom is -0.483 e. The van der Waals surface area contributed by atoms with Crippen molar-refractivity contribution in [1.29, 1.82) is 0 Å². The Hall–Kier alpha value is -1.48. The molecular weight excluding hydrogens is 366 g/mol. The third kappa shape index (κ3) is 347. The molecule has 0 saturated carbocycles. The molecule has 0 fully saturated rings. The summed E-state index contributed by atoms with van der Waals surface area (Å²) < 4.78 is 0. The van der Waals surface area contributed by atoms with E-state index in [0.29, 0.717) is 0 Å². The van der Waals surface area contributed by atoms with Crippen molar-refractivity contribution in [3.8, 4) is 0 Å². The molecule has 0 heterocycles. The van der Waals surface area contributed by atoms with E-state index in [1.807, 2.05) is 0 Å². The van der Waals surface area contributed by atoms with Crippen LogP contribution in [0.4, 0.5) is 0 Å². The number of carbonyl (C=O) groups is 4. The summed E-state index contributed by atoms with van der Waals surface area (Å²) in [5.74, 6) is 0. The van der Waals surface area contributed by atoms with Crippen molar-refractivity contribution in [2.75, 3.05) is 0 Å². The van der Waals surface area contributed by atoms with E-state index >= 15 is 0 Å². The summed E-state index contributed by atoms with van der Waals surface area (Å²) in [6.45, 7) is -1.00. The molecule has 0 saturated heterocycles. The Labute approximate surface area is 85.9 Å². The van der Waals surface area contributed by atoms with E-state index in [9.17, 15) is 0 Å². The quantitative estimate of drug-likeness (QED) is 0.386. The summed E-state index contributed by atoms with van der Waals surface area (Å²) in [4.78, 5) is 33.4. The first kappa shape index (κ1) is 30.0. The SMILES string of the molecule is O=CO.O=CO.O=CO.O=CO.[Os]. The van der Waals surface area contributed by atoms with Crippen molar-refractivity contribution in [2.24, 2.45) is 0 Å². The van der Waals surface area contributed by atoms with Crippen LogP contribution in [0.3, 0.4) is 0 Å². The standard InChI is InChI=1S/4CH2O2.Os/c4*2-1-3;/h4*1H,(H,2,3);. The molecule has 0 aromatic rings. The zero-order valence-electron chi connectivity index (χ0n) is 6.08. The summed E-state index contributed by atoms with van der Waals surface area (Å²) in [5, 5.41) is 27.6. The van der Waals surface area contributed by atoms with Crippen LogP contribution >= 0.6 is 0 Å². The molecule has 0 atom stereocenters.